The maximum absolute atomic E-state index is 6.08. The van der Waals surface area contributed by atoms with Gasteiger partial charge in [-0.15, -0.1) is 0 Å². The highest BCUT2D eigenvalue weighted by molar-refractivity contribution is 4.88. The lowest BCUT2D eigenvalue weighted by Gasteiger charge is -2.24. The quantitative estimate of drug-likeness (QED) is 0.676. The molecule has 0 heterocycles. The molecule has 1 saturated carbocycles. The summed E-state index contributed by atoms with van der Waals surface area (Å²) in [5, 5.41) is 0. The van der Waals surface area contributed by atoms with E-state index < -0.39 is 0 Å². The molecule has 0 atom stereocenters. The molecular formula is C9H19NO. The molecule has 0 bridgehead atoms. The summed E-state index contributed by atoms with van der Waals surface area (Å²) in [6.45, 7) is 4.85. The summed E-state index contributed by atoms with van der Waals surface area (Å²) >= 11 is 0. The fourth-order valence-electron chi connectivity index (χ4n) is 1.56. The molecule has 0 aliphatic heterocycles. The average molecular weight is 157 g/mol. The monoisotopic (exact) mass is 157 g/mol. The van der Waals surface area contributed by atoms with Crippen LogP contribution in [0.5, 0.6) is 0 Å². The van der Waals surface area contributed by atoms with Crippen molar-refractivity contribution in [2.24, 2.45) is 5.73 Å². The van der Waals surface area contributed by atoms with Crippen LogP contribution in [0.1, 0.15) is 39.5 Å². The van der Waals surface area contributed by atoms with Gasteiger partial charge in [-0.2, -0.15) is 0 Å². The van der Waals surface area contributed by atoms with Crippen molar-refractivity contribution in [2.45, 2.75) is 51.2 Å². The van der Waals surface area contributed by atoms with Gasteiger partial charge in [-0.1, -0.05) is 12.8 Å². The van der Waals surface area contributed by atoms with E-state index >= 15 is 0 Å². The minimum absolute atomic E-state index is 0.00424. The van der Waals surface area contributed by atoms with Crippen LogP contribution in [0.15, 0.2) is 0 Å². The molecule has 1 aliphatic carbocycles. The lowest BCUT2D eigenvalue weighted by molar-refractivity contribution is 0.0417. The van der Waals surface area contributed by atoms with Crippen molar-refractivity contribution in [2.75, 3.05) is 6.61 Å². The molecule has 0 saturated heterocycles. The van der Waals surface area contributed by atoms with Crippen molar-refractivity contribution in [3.63, 3.8) is 0 Å². The molecule has 0 aromatic heterocycles. The third kappa shape index (κ3) is 2.80. The Morgan fingerprint density at radius 2 is 1.91 bits per heavy atom. The molecule has 1 rings (SSSR count). The predicted molar refractivity (Wildman–Crippen MR) is 46.5 cm³/mol. The van der Waals surface area contributed by atoms with Crippen LogP contribution in [0.2, 0.25) is 0 Å². The highest BCUT2D eigenvalue weighted by Crippen LogP contribution is 2.27. The first-order chi connectivity index (χ1) is 5.12. The van der Waals surface area contributed by atoms with Crippen LogP contribution >= 0.6 is 0 Å². The van der Waals surface area contributed by atoms with E-state index in [2.05, 4.69) is 13.8 Å². The number of hydrogen-bond acceptors (Lipinski definition) is 2. The van der Waals surface area contributed by atoms with Gasteiger partial charge in [0.15, 0.2) is 0 Å². The van der Waals surface area contributed by atoms with E-state index in [-0.39, 0.29) is 5.54 Å². The fourth-order valence-corrected chi connectivity index (χ4v) is 1.56. The summed E-state index contributed by atoms with van der Waals surface area (Å²) in [5.74, 6) is 0. The van der Waals surface area contributed by atoms with Gasteiger partial charge in [0.05, 0.1) is 12.7 Å². The average Bonchev–Trinajstić information content (AvgIpc) is 2.33. The lowest BCUT2D eigenvalue weighted by Crippen LogP contribution is -2.42. The van der Waals surface area contributed by atoms with Gasteiger partial charge in [0.2, 0.25) is 0 Å². The number of rotatable bonds is 3. The van der Waals surface area contributed by atoms with E-state index in [0.717, 1.165) is 19.4 Å². The van der Waals surface area contributed by atoms with E-state index in [0.29, 0.717) is 6.10 Å². The molecule has 0 aromatic rings. The molecule has 0 radical (unpaired) electrons. The minimum atomic E-state index is 0.00424. The Morgan fingerprint density at radius 3 is 2.36 bits per heavy atom. The molecule has 0 aromatic carbocycles. The third-order valence-corrected chi connectivity index (χ3v) is 2.30. The normalized spacial score (nSPS) is 22.9. The van der Waals surface area contributed by atoms with Gasteiger partial charge in [-0.3, -0.25) is 0 Å². The Morgan fingerprint density at radius 1 is 1.36 bits per heavy atom. The van der Waals surface area contributed by atoms with Crippen LogP contribution in [0.4, 0.5) is 0 Å². The Kier molecular flexibility index (Phi) is 2.90. The van der Waals surface area contributed by atoms with Gasteiger partial charge in [0, 0.05) is 5.54 Å². The Balaban J connectivity index is 2.23. The fraction of sp³-hybridized carbons (Fsp3) is 1.00. The zero-order chi connectivity index (χ0) is 8.32. The summed E-state index contributed by atoms with van der Waals surface area (Å²) in [5.41, 5.74) is 6.09. The van der Waals surface area contributed by atoms with E-state index in [9.17, 15) is 0 Å². The predicted octanol–water partition coefficient (Wildman–Crippen LogP) is 1.68. The molecule has 66 valence electrons. The molecule has 2 heteroatoms. The Bertz CT molecular complexity index is 117. The molecule has 0 amide bonds. The maximum atomic E-state index is 6.08. The van der Waals surface area contributed by atoms with Crippen molar-refractivity contribution < 1.29 is 4.74 Å². The first kappa shape index (κ1) is 9.01. The minimum Gasteiger partial charge on any atom is -0.377 e. The van der Waals surface area contributed by atoms with E-state index in [1.807, 2.05) is 0 Å². The van der Waals surface area contributed by atoms with Crippen molar-refractivity contribution >= 4 is 0 Å². The number of ether oxygens (including phenoxy) is 1. The smallest absolute Gasteiger partial charge is 0.0649 e. The summed E-state index contributed by atoms with van der Waals surface area (Å²) in [4.78, 5) is 0. The summed E-state index contributed by atoms with van der Waals surface area (Å²) in [6, 6.07) is 0. The Labute approximate surface area is 69.1 Å². The largest absolute Gasteiger partial charge is 0.377 e. The SMILES string of the molecule is CC(C)OCC1(N)CCCC1. The van der Waals surface area contributed by atoms with Crippen molar-refractivity contribution in [3.05, 3.63) is 0 Å². The third-order valence-electron chi connectivity index (χ3n) is 2.30. The summed E-state index contributed by atoms with van der Waals surface area (Å²) in [6.07, 6.45) is 5.14. The van der Waals surface area contributed by atoms with Gasteiger partial charge in [0.25, 0.3) is 0 Å². The molecular weight excluding hydrogens is 138 g/mol. The molecule has 11 heavy (non-hydrogen) atoms. The maximum Gasteiger partial charge on any atom is 0.0649 e. The Hall–Kier alpha value is -0.0800. The van der Waals surface area contributed by atoms with Crippen molar-refractivity contribution in [1.82, 2.24) is 0 Å². The van der Waals surface area contributed by atoms with Crippen LogP contribution in [-0.4, -0.2) is 18.2 Å². The van der Waals surface area contributed by atoms with Crippen molar-refractivity contribution in [3.8, 4) is 0 Å². The summed E-state index contributed by atoms with van der Waals surface area (Å²) in [7, 11) is 0. The topological polar surface area (TPSA) is 35.2 Å². The van der Waals surface area contributed by atoms with Gasteiger partial charge < -0.3 is 10.5 Å². The molecule has 1 fully saturated rings. The lowest BCUT2D eigenvalue weighted by atomic mass is 10.0. The zero-order valence-corrected chi connectivity index (χ0v) is 7.60. The van der Waals surface area contributed by atoms with Crippen LogP contribution < -0.4 is 5.73 Å². The van der Waals surface area contributed by atoms with Crippen LogP contribution in [-0.2, 0) is 4.74 Å². The van der Waals surface area contributed by atoms with Crippen LogP contribution in [0, 0.1) is 0 Å². The number of nitrogens with two attached hydrogens (primary N) is 1. The second-order valence-electron chi connectivity index (χ2n) is 3.93. The molecule has 0 spiro atoms. The van der Waals surface area contributed by atoms with Crippen LogP contribution in [0.3, 0.4) is 0 Å². The molecule has 1 aliphatic rings. The highest BCUT2D eigenvalue weighted by Gasteiger charge is 2.29. The second kappa shape index (κ2) is 3.55. The van der Waals surface area contributed by atoms with Gasteiger partial charge in [-0.05, 0) is 26.7 Å². The summed E-state index contributed by atoms with van der Waals surface area (Å²) < 4.78 is 5.50. The molecule has 2 N–H and O–H groups in total. The zero-order valence-electron chi connectivity index (χ0n) is 7.60. The first-order valence-corrected chi connectivity index (χ1v) is 4.53. The molecule has 2 nitrogen and oxygen atoms in total. The van der Waals surface area contributed by atoms with E-state index in [4.69, 9.17) is 10.5 Å². The first-order valence-electron chi connectivity index (χ1n) is 4.53. The standard InChI is InChI=1S/C9H19NO/c1-8(2)11-7-9(10)5-3-4-6-9/h8H,3-7,10H2,1-2H3. The van der Waals surface area contributed by atoms with E-state index in [1.165, 1.54) is 12.8 Å². The second-order valence-corrected chi connectivity index (χ2v) is 3.93. The molecule has 0 unspecified atom stereocenters. The van der Waals surface area contributed by atoms with Gasteiger partial charge in [0.1, 0.15) is 0 Å². The van der Waals surface area contributed by atoms with Gasteiger partial charge in [-0.25, -0.2) is 0 Å². The highest BCUT2D eigenvalue weighted by atomic mass is 16.5. The number of hydrogen-bond donors (Lipinski definition) is 1. The van der Waals surface area contributed by atoms with Crippen LogP contribution in [0.25, 0.3) is 0 Å². The van der Waals surface area contributed by atoms with Crippen molar-refractivity contribution in [1.29, 1.82) is 0 Å². The van der Waals surface area contributed by atoms with E-state index in [1.54, 1.807) is 0 Å². The van der Waals surface area contributed by atoms with Gasteiger partial charge >= 0.3 is 0 Å².